The molecule has 0 saturated heterocycles. The summed E-state index contributed by atoms with van der Waals surface area (Å²) in [5.74, 6) is -8.50. The lowest BCUT2D eigenvalue weighted by Gasteiger charge is -2.21. The van der Waals surface area contributed by atoms with E-state index in [2.05, 4.69) is 0 Å². The van der Waals surface area contributed by atoms with Gasteiger partial charge in [-0.2, -0.15) is 26.0 Å². The van der Waals surface area contributed by atoms with E-state index < -0.39 is 27.1 Å². The van der Waals surface area contributed by atoms with E-state index in [9.17, 15) is 30.4 Å². The predicted octanol–water partition coefficient (Wildman–Crippen LogP) is 1.59. The van der Waals surface area contributed by atoms with Crippen molar-refractivity contribution in [2.24, 2.45) is 0 Å². The molecule has 0 aromatic heterocycles. The summed E-state index contributed by atoms with van der Waals surface area (Å²) in [7, 11) is -6.39. The van der Waals surface area contributed by atoms with Crippen molar-refractivity contribution in [1.29, 1.82) is 0 Å². The van der Waals surface area contributed by atoms with Gasteiger partial charge in [-0.1, -0.05) is 6.58 Å². The number of rotatable bonds is 3. The van der Waals surface area contributed by atoms with Gasteiger partial charge >= 0.3 is 21.3 Å². The smallest absolute Gasteiger partial charge is 0.281 e. The molecule has 0 rings (SSSR count). The average Bonchev–Trinajstić information content (AvgIpc) is 1.84. The molecule has 3 nitrogen and oxygen atoms in total. The molecule has 0 saturated carbocycles. The van der Waals surface area contributed by atoms with E-state index in [-0.39, 0.29) is 0 Å². The third-order valence-electron chi connectivity index (χ3n) is 1.03. The van der Waals surface area contributed by atoms with Crippen molar-refractivity contribution >= 4 is 10.1 Å². The Balaban J connectivity index is 5.42. The fourth-order valence-corrected chi connectivity index (χ4v) is 0.755. The lowest BCUT2D eigenvalue weighted by Crippen LogP contribution is -2.47. The first-order chi connectivity index (χ1) is 5.44. The molecule has 0 atom stereocenters. The third-order valence-corrected chi connectivity index (χ3v) is 1.93. The topological polar surface area (TPSA) is 54.4 Å². The van der Waals surface area contributed by atoms with Gasteiger partial charge in [-0.05, 0) is 0 Å². The molecule has 1 N–H and O–H groups in total. The van der Waals surface area contributed by atoms with Crippen LogP contribution in [0.4, 0.5) is 22.0 Å². The van der Waals surface area contributed by atoms with E-state index in [0.717, 1.165) is 0 Å². The van der Waals surface area contributed by atoms with Crippen LogP contribution in [0, 0.1) is 0 Å². The van der Waals surface area contributed by atoms with Crippen molar-refractivity contribution in [2.45, 2.75) is 11.2 Å². The second-order valence-corrected chi connectivity index (χ2v) is 3.43. The van der Waals surface area contributed by atoms with E-state index in [1.165, 1.54) is 0 Å². The largest absolute Gasteiger partial charge is 0.438 e. The molecule has 9 heteroatoms. The first-order valence-electron chi connectivity index (χ1n) is 2.52. The van der Waals surface area contributed by atoms with Crippen LogP contribution >= 0.6 is 0 Å². The van der Waals surface area contributed by atoms with Gasteiger partial charge in [0.05, 0.1) is 0 Å². The minimum atomic E-state index is -6.39. The van der Waals surface area contributed by atoms with E-state index in [4.69, 9.17) is 4.55 Å². The molecule has 0 aromatic carbocycles. The molecule has 0 amide bonds. The maximum Gasteiger partial charge on any atom is 0.438 e. The molecule has 13 heavy (non-hydrogen) atoms. The number of hydrogen-bond donors (Lipinski definition) is 1. The number of halogens is 5. The monoisotopic (exact) mass is 226 g/mol. The van der Waals surface area contributed by atoms with E-state index in [1.54, 1.807) is 0 Å². The number of allylic oxidation sites excluding steroid dienone is 1. The van der Waals surface area contributed by atoms with Crippen LogP contribution in [0.25, 0.3) is 0 Å². The van der Waals surface area contributed by atoms with Crippen LogP contribution in [0.5, 0.6) is 0 Å². The van der Waals surface area contributed by atoms with Crippen molar-refractivity contribution in [3.05, 3.63) is 12.4 Å². The van der Waals surface area contributed by atoms with Gasteiger partial charge in [0.15, 0.2) is 5.83 Å². The SMILES string of the molecule is C=C(F)C(F)(F)C(F)(F)S(=O)(=O)O. The van der Waals surface area contributed by atoms with Crippen LogP contribution < -0.4 is 0 Å². The third kappa shape index (κ3) is 1.80. The van der Waals surface area contributed by atoms with Gasteiger partial charge in [-0.15, -0.1) is 0 Å². The number of hydrogen-bond acceptors (Lipinski definition) is 2. The van der Waals surface area contributed by atoms with Crippen LogP contribution in [0.15, 0.2) is 12.4 Å². The van der Waals surface area contributed by atoms with Crippen molar-refractivity contribution in [3.8, 4) is 0 Å². The second kappa shape index (κ2) is 2.91. The molecule has 0 spiro atoms. The van der Waals surface area contributed by atoms with Gasteiger partial charge in [0.25, 0.3) is 0 Å². The zero-order chi connectivity index (χ0) is 11.1. The van der Waals surface area contributed by atoms with Gasteiger partial charge in [0, 0.05) is 0 Å². The molecule has 0 aromatic rings. The van der Waals surface area contributed by atoms with Crippen LogP contribution in [0.3, 0.4) is 0 Å². The summed E-state index contributed by atoms with van der Waals surface area (Å²) in [6.07, 6.45) is 0. The summed E-state index contributed by atoms with van der Waals surface area (Å²) in [6.45, 7) is 1.83. The molecule has 0 unspecified atom stereocenters. The maximum atomic E-state index is 12.1. The molecule has 78 valence electrons. The highest BCUT2D eigenvalue weighted by Gasteiger charge is 2.68. The lowest BCUT2D eigenvalue weighted by atomic mass is 10.3. The van der Waals surface area contributed by atoms with Gasteiger partial charge < -0.3 is 0 Å². The van der Waals surface area contributed by atoms with Gasteiger partial charge in [-0.25, -0.2) is 4.39 Å². The summed E-state index contributed by atoms with van der Waals surface area (Å²) in [6, 6.07) is 0. The minimum absolute atomic E-state index is 1.83. The molecule has 0 fully saturated rings. The summed E-state index contributed by atoms with van der Waals surface area (Å²) in [5.41, 5.74) is 0. The zero-order valence-corrected chi connectivity index (χ0v) is 6.59. The lowest BCUT2D eigenvalue weighted by molar-refractivity contribution is -0.144. The molecule has 0 bridgehead atoms. The molecular formula is C4H3F5O3S. The minimum Gasteiger partial charge on any atom is -0.281 e. The van der Waals surface area contributed by atoms with Gasteiger partial charge in [0.2, 0.25) is 0 Å². The highest BCUT2D eigenvalue weighted by Crippen LogP contribution is 2.42. The Bertz CT molecular complexity index is 319. The van der Waals surface area contributed by atoms with Gasteiger partial charge in [0.1, 0.15) is 0 Å². The van der Waals surface area contributed by atoms with Crippen LogP contribution in [-0.4, -0.2) is 24.1 Å². The summed E-state index contributed by atoms with van der Waals surface area (Å²) >= 11 is 0. The Morgan fingerprint density at radius 3 is 1.62 bits per heavy atom. The van der Waals surface area contributed by atoms with Crippen molar-refractivity contribution < 1.29 is 34.9 Å². The highest BCUT2D eigenvalue weighted by molar-refractivity contribution is 7.87. The van der Waals surface area contributed by atoms with Gasteiger partial charge in [-0.3, -0.25) is 4.55 Å². The maximum absolute atomic E-state index is 12.1. The fourth-order valence-electron chi connectivity index (χ4n) is 0.320. The summed E-state index contributed by atoms with van der Waals surface area (Å²) in [4.78, 5) is 0. The highest BCUT2D eigenvalue weighted by atomic mass is 32.2. The normalized spacial score (nSPS) is 14.3. The first kappa shape index (κ1) is 12.3. The molecule has 0 radical (unpaired) electrons. The van der Waals surface area contributed by atoms with E-state index in [0.29, 0.717) is 0 Å². The van der Waals surface area contributed by atoms with Crippen molar-refractivity contribution in [1.82, 2.24) is 0 Å². The van der Waals surface area contributed by atoms with E-state index in [1.807, 2.05) is 6.58 Å². The van der Waals surface area contributed by atoms with E-state index >= 15 is 0 Å². The number of alkyl halides is 4. The Kier molecular flexibility index (Phi) is 2.75. The molecule has 0 aliphatic heterocycles. The van der Waals surface area contributed by atoms with Crippen LogP contribution in [0.1, 0.15) is 0 Å². The Morgan fingerprint density at radius 2 is 1.54 bits per heavy atom. The first-order valence-corrected chi connectivity index (χ1v) is 3.96. The Hall–Kier alpha value is -0.700. The average molecular weight is 226 g/mol. The standard InChI is InChI=1S/C4H3F5O3S/c1-2(5)3(6,7)4(8,9)13(10,11)12/h1H2,(H,10,11,12). The zero-order valence-electron chi connectivity index (χ0n) is 5.77. The molecule has 0 aliphatic rings. The summed E-state index contributed by atoms with van der Waals surface area (Å²) < 4.78 is 87.1. The van der Waals surface area contributed by atoms with Crippen molar-refractivity contribution in [2.75, 3.05) is 0 Å². The summed E-state index contributed by atoms with van der Waals surface area (Å²) in [5, 5.41) is -5.92. The molecular weight excluding hydrogens is 223 g/mol. The quantitative estimate of drug-likeness (QED) is 0.587. The second-order valence-electron chi connectivity index (χ2n) is 1.97. The Morgan fingerprint density at radius 1 is 1.23 bits per heavy atom. The molecule has 0 aliphatic carbocycles. The van der Waals surface area contributed by atoms with Crippen LogP contribution in [0.2, 0.25) is 0 Å². The van der Waals surface area contributed by atoms with Crippen LogP contribution in [-0.2, 0) is 10.1 Å². The molecule has 0 heterocycles. The fraction of sp³-hybridized carbons (Fsp3) is 0.500. The predicted molar refractivity (Wildman–Crippen MR) is 31.7 cm³/mol. The Labute approximate surface area is 69.6 Å². The van der Waals surface area contributed by atoms with Crippen molar-refractivity contribution in [3.63, 3.8) is 0 Å².